The van der Waals surface area contributed by atoms with Crippen molar-refractivity contribution in [1.29, 1.82) is 0 Å². The zero-order chi connectivity index (χ0) is 35.1. The fourth-order valence-electron chi connectivity index (χ4n) is 4.99. The Kier molecular flexibility index (Phi) is 29.9. The summed E-state index contributed by atoms with van der Waals surface area (Å²) in [5, 5.41) is 13.5. The lowest BCUT2D eigenvalue weighted by Gasteiger charge is -2.25. The summed E-state index contributed by atoms with van der Waals surface area (Å²) in [6, 6.07) is -0.861. The van der Waals surface area contributed by atoms with Gasteiger partial charge >= 0.3 is 7.82 Å². The Morgan fingerprint density at radius 3 is 1.68 bits per heavy atom. The van der Waals surface area contributed by atoms with Gasteiger partial charge in [0.05, 0.1) is 39.9 Å². The molecule has 276 valence electrons. The van der Waals surface area contributed by atoms with E-state index in [0.717, 1.165) is 38.5 Å². The molecule has 3 atom stereocenters. The second kappa shape index (κ2) is 30.8. The quantitative estimate of drug-likeness (QED) is 0.0275. The van der Waals surface area contributed by atoms with E-state index in [0.29, 0.717) is 17.4 Å². The van der Waals surface area contributed by atoms with Crippen molar-refractivity contribution in [2.45, 2.75) is 161 Å². The monoisotopic (exact) mass is 686 g/mol. The van der Waals surface area contributed by atoms with Gasteiger partial charge in [0, 0.05) is 6.42 Å². The van der Waals surface area contributed by atoms with Gasteiger partial charge < -0.3 is 19.8 Å². The Labute approximate surface area is 289 Å². The predicted octanol–water partition coefficient (Wildman–Crippen LogP) is 9.57. The molecule has 3 unspecified atom stereocenters. The van der Waals surface area contributed by atoms with E-state index in [9.17, 15) is 19.4 Å². The van der Waals surface area contributed by atoms with Crippen molar-refractivity contribution in [3.8, 4) is 0 Å². The molecule has 0 saturated carbocycles. The first-order chi connectivity index (χ1) is 22.5. The molecule has 0 rings (SSSR count). The van der Waals surface area contributed by atoms with Crippen LogP contribution in [0.3, 0.4) is 0 Å². The van der Waals surface area contributed by atoms with Crippen molar-refractivity contribution >= 4 is 13.7 Å². The Balaban J connectivity index is 4.15. The van der Waals surface area contributed by atoms with E-state index >= 15 is 0 Å². The van der Waals surface area contributed by atoms with E-state index in [1.807, 2.05) is 34.1 Å². The number of hydrogen-bond donors (Lipinski definition) is 3. The molecular weight excluding hydrogens is 611 g/mol. The number of unbranched alkanes of at least 4 members (excludes halogenated alkanes) is 16. The van der Waals surface area contributed by atoms with Gasteiger partial charge in [0.15, 0.2) is 0 Å². The van der Waals surface area contributed by atoms with Crippen LogP contribution in [0.2, 0.25) is 0 Å². The SMILES string of the molecule is CCCCCCCCCCCCCCC/C=C/CC/C=C/CC/C=C/C(O)C(COP(=O)(O)OCC[N+](C)(C)C)NC(=O)CCCC. The number of quaternary nitrogens is 1. The number of aliphatic hydroxyl groups is 1. The molecule has 0 aliphatic carbocycles. The van der Waals surface area contributed by atoms with Crippen LogP contribution in [0.4, 0.5) is 0 Å². The van der Waals surface area contributed by atoms with Crippen LogP contribution < -0.4 is 5.32 Å². The molecule has 0 aliphatic heterocycles. The summed E-state index contributed by atoms with van der Waals surface area (Å²) < 4.78 is 23.1. The standard InChI is InChI=1S/C38H73N2O6P/c1-6-8-10-11-12-13-14-15-16-17-18-19-20-21-22-23-24-25-26-27-28-29-30-31-37(41)36(39-38(42)32-9-7-2)35-46-47(43,44)45-34-33-40(3,4)5/h22-23,26-27,30-31,36-37,41H,6-21,24-25,28-29,32-35H2,1-5H3,(H-,39,42,43,44)/p+1/b23-22+,27-26+,31-30+. The number of hydrogen-bond acceptors (Lipinski definition) is 5. The molecule has 3 N–H and O–H groups in total. The van der Waals surface area contributed by atoms with Crippen LogP contribution >= 0.6 is 7.82 Å². The number of phosphoric acid groups is 1. The smallest absolute Gasteiger partial charge is 0.387 e. The molecule has 0 saturated heterocycles. The Bertz CT molecular complexity index is 871. The number of allylic oxidation sites excluding steroid dienone is 5. The van der Waals surface area contributed by atoms with E-state index < -0.39 is 20.0 Å². The van der Waals surface area contributed by atoms with Crippen LogP contribution in [-0.4, -0.2) is 73.4 Å². The minimum atomic E-state index is -4.32. The second-order valence-corrected chi connectivity index (χ2v) is 15.4. The predicted molar refractivity (Wildman–Crippen MR) is 198 cm³/mol. The van der Waals surface area contributed by atoms with E-state index in [1.165, 1.54) is 89.9 Å². The van der Waals surface area contributed by atoms with Gasteiger partial charge in [-0.3, -0.25) is 13.8 Å². The number of carbonyl (C=O) groups excluding carboxylic acids is 1. The fraction of sp³-hybridized carbons (Fsp3) is 0.816. The summed E-state index contributed by atoms with van der Waals surface area (Å²) >= 11 is 0. The average Bonchev–Trinajstić information content (AvgIpc) is 3.01. The number of phosphoric ester groups is 1. The van der Waals surface area contributed by atoms with Crippen LogP contribution in [0, 0.1) is 0 Å². The van der Waals surface area contributed by atoms with E-state index in [-0.39, 0.29) is 19.1 Å². The first kappa shape index (κ1) is 45.7. The number of nitrogens with one attached hydrogen (secondary N) is 1. The van der Waals surface area contributed by atoms with E-state index in [4.69, 9.17) is 9.05 Å². The number of likely N-dealkylation sites (N-methyl/N-ethyl adjacent to an activating group) is 1. The minimum Gasteiger partial charge on any atom is -0.387 e. The Morgan fingerprint density at radius 2 is 1.17 bits per heavy atom. The largest absolute Gasteiger partial charge is 0.472 e. The number of amides is 1. The lowest BCUT2D eigenvalue weighted by molar-refractivity contribution is -0.870. The molecule has 0 aromatic heterocycles. The van der Waals surface area contributed by atoms with Crippen LogP contribution in [0.1, 0.15) is 149 Å². The van der Waals surface area contributed by atoms with Gasteiger partial charge in [-0.2, -0.15) is 0 Å². The number of rotatable bonds is 33. The zero-order valence-corrected chi connectivity index (χ0v) is 31.9. The maximum Gasteiger partial charge on any atom is 0.472 e. The molecule has 0 spiro atoms. The number of nitrogens with zero attached hydrogens (tertiary/aromatic N) is 1. The van der Waals surface area contributed by atoms with Crippen molar-refractivity contribution in [1.82, 2.24) is 5.32 Å². The van der Waals surface area contributed by atoms with Crippen LogP contribution in [0.5, 0.6) is 0 Å². The molecule has 9 heteroatoms. The maximum atomic E-state index is 12.3. The molecule has 0 heterocycles. The highest BCUT2D eigenvalue weighted by Gasteiger charge is 2.27. The lowest BCUT2D eigenvalue weighted by Crippen LogP contribution is -2.45. The number of aliphatic hydroxyl groups excluding tert-OH is 1. The summed E-state index contributed by atoms with van der Waals surface area (Å²) in [5.74, 6) is -0.229. The van der Waals surface area contributed by atoms with E-state index in [2.05, 4.69) is 36.5 Å². The van der Waals surface area contributed by atoms with Crippen molar-refractivity contribution in [3.05, 3.63) is 36.5 Å². The van der Waals surface area contributed by atoms with Crippen molar-refractivity contribution in [2.75, 3.05) is 40.9 Å². The zero-order valence-electron chi connectivity index (χ0n) is 31.0. The van der Waals surface area contributed by atoms with Gasteiger partial charge in [0.1, 0.15) is 13.2 Å². The van der Waals surface area contributed by atoms with Gasteiger partial charge in [-0.25, -0.2) is 4.57 Å². The summed E-state index contributed by atoms with van der Waals surface area (Å²) in [5.41, 5.74) is 0. The van der Waals surface area contributed by atoms with Crippen LogP contribution in [0.15, 0.2) is 36.5 Å². The van der Waals surface area contributed by atoms with Gasteiger partial charge in [0.25, 0.3) is 0 Å². The summed E-state index contributed by atoms with van der Waals surface area (Å²) in [7, 11) is 1.54. The van der Waals surface area contributed by atoms with Gasteiger partial charge in [-0.1, -0.05) is 134 Å². The van der Waals surface area contributed by atoms with Gasteiger partial charge in [0.2, 0.25) is 5.91 Å². The van der Waals surface area contributed by atoms with Crippen LogP contribution in [0.25, 0.3) is 0 Å². The van der Waals surface area contributed by atoms with Crippen molar-refractivity contribution < 1.29 is 32.9 Å². The highest BCUT2D eigenvalue weighted by molar-refractivity contribution is 7.47. The Hall–Kier alpha value is -1.28. The minimum absolute atomic E-state index is 0.0522. The maximum absolute atomic E-state index is 12.3. The third-order valence-corrected chi connectivity index (χ3v) is 9.07. The lowest BCUT2D eigenvalue weighted by atomic mass is 10.0. The molecule has 0 aliphatic rings. The molecule has 0 bridgehead atoms. The molecule has 47 heavy (non-hydrogen) atoms. The first-order valence-electron chi connectivity index (χ1n) is 18.9. The highest BCUT2D eigenvalue weighted by atomic mass is 31.2. The molecule has 1 amide bonds. The van der Waals surface area contributed by atoms with Gasteiger partial charge in [-0.15, -0.1) is 0 Å². The molecule has 0 fully saturated rings. The van der Waals surface area contributed by atoms with Crippen molar-refractivity contribution in [3.63, 3.8) is 0 Å². The average molecular weight is 686 g/mol. The van der Waals surface area contributed by atoms with Crippen molar-refractivity contribution in [2.24, 2.45) is 0 Å². The molecule has 8 nitrogen and oxygen atoms in total. The highest BCUT2D eigenvalue weighted by Crippen LogP contribution is 2.43. The topological polar surface area (TPSA) is 105 Å². The second-order valence-electron chi connectivity index (χ2n) is 13.9. The first-order valence-corrected chi connectivity index (χ1v) is 20.4. The number of carbonyl (C=O) groups is 1. The summed E-state index contributed by atoms with van der Waals surface area (Å²) in [4.78, 5) is 22.4. The third kappa shape index (κ3) is 33.0. The summed E-state index contributed by atoms with van der Waals surface area (Å²) in [6.45, 7) is 4.51. The molecule has 0 radical (unpaired) electrons. The molecule has 0 aromatic carbocycles. The Morgan fingerprint density at radius 1 is 0.702 bits per heavy atom. The molecular formula is C38H74N2O6P+. The fourth-order valence-corrected chi connectivity index (χ4v) is 5.73. The normalized spacial score (nSPS) is 15.1. The third-order valence-electron chi connectivity index (χ3n) is 8.09. The van der Waals surface area contributed by atoms with Gasteiger partial charge in [-0.05, 0) is 44.9 Å². The van der Waals surface area contributed by atoms with Crippen LogP contribution in [-0.2, 0) is 18.4 Å². The van der Waals surface area contributed by atoms with E-state index in [1.54, 1.807) is 6.08 Å². The summed E-state index contributed by atoms with van der Waals surface area (Å²) in [6.07, 6.45) is 36.2. The molecule has 0 aromatic rings.